The van der Waals surface area contributed by atoms with Crippen LogP contribution in [0.1, 0.15) is 38.4 Å². The van der Waals surface area contributed by atoms with Crippen LogP contribution in [0.25, 0.3) is 0 Å². The minimum absolute atomic E-state index is 0.0320. The molecular weight excluding hydrogens is 280 g/mol. The molecule has 1 aromatic rings. The van der Waals surface area contributed by atoms with E-state index < -0.39 is 5.60 Å². The average molecular weight is 299 g/mol. The number of hydrogen-bond donors (Lipinski definition) is 1. The van der Waals surface area contributed by atoms with Crippen molar-refractivity contribution in [3.63, 3.8) is 0 Å². The van der Waals surface area contributed by atoms with E-state index in [2.05, 4.69) is 9.97 Å². The van der Waals surface area contributed by atoms with Crippen molar-refractivity contribution < 1.29 is 14.6 Å². The first kappa shape index (κ1) is 15.2. The topological polar surface area (TPSA) is 72.3 Å². The molecule has 1 saturated carbocycles. The molecule has 1 heterocycles. The number of esters is 1. The van der Waals surface area contributed by atoms with E-state index in [0.29, 0.717) is 10.8 Å². The van der Waals surface area contributed by atoms with Crippen LogP contribution in [-0.2, 0) is 15.1 Å². The lowest BCUT2D eigenvalue weighted by molar-refractivity contribution is -0.148. The van der Waals surface area contributed by atoms with Gasteiger partial charge < -0.3 is 9.84 Å². The van der Waals surface area contributed by atoms with Crippen molar-refractivity contribution >= 4 is 17.6 Å². The van der Waals surface area contributed by atoms with Gasteiger partial charge in [-0.25, -0.2) is 9.97 Å². The summed E-state index contributed by atoms with van der Waals surface area (Å²) in [5, 5.41) is 11.1. The first-order chi connectivity index (χ1) is 9.45. The van der Waals surface area contributed by atoms with Gasteiger partial charge in [-0.05, 0) is 38.5 Å². The fraction of sp³-hybridized carbons (Fsp3) is 0.643. The van der Waals surface area contributed by atoms with Crippen LogP contribution in [0.2, 0.25) is 5.02 Å². The number of methoxy groups -OCH3 is 1. The zero-order valence-corrected chi connectivity index (χ0v) is 12.4. The molecule has 110 valence electrons. The van der Waals surface area contributed by atoms with E-state index in [9.17, 15) is 9.90 Å². The molecule has 2 rings (SSSR count). The van der Waals surface area contributed by atoms with Gasteiger partial charge in [0.25, 0.3) is 0 Å². The first-order valence-electron chi connectivity index (χ1n) is 6.73. The fourth-order valence-electron chi connectivity index (χ4n) is 2.81. The molecule has 1 aliphatic rings. The third-order valence-corrected chi connectivity index (χ3v) is 4.32. The van der Waals surface area contributed by atoms with Crippen molar-refractivity contribution in [3.05, 3.63) is 23.2 Å². The van der Waals surface area contributed by atoms with Crippen molar-refractivity contribution in [1.82, 2.24) is 9.97 Å². The molecule has 1 fully saturated rings. The van der Waals surface area contributed by atoms with Gasteiger partial charge in [-0.2, -0.15) is 0 Å². The first-order valence-corrected chi connectivity index (χ1v) is 7.11. The highest BCUT2D eigenvalue weighted by atomic mass is 35.5. The van der Waals surface area contributed by atoms with Crippen LogP contribution in [0.4, 0.5) is 0 Å². The lowest BCUT2D eigenvalue weighted by atomic mass is 9.74. The molecule has 1 N–H and O–H groups in total. The number of aromatic nitrogens is 2. The zero-order valence-electron chi connectivity index (χ0n) is 11.7. The Kier molecular flexibility index (Phi) is 4.60. The lowest BCUT2D eigenvalue weighted by Gasteiger charge is -2.36. The Bertz CT molecular complexity index is 468. The van der Waals surface area contributed by atoms with E-state index in [1.807, 2.05) is 0 Å². The second-order valence-corrected chi connectivity index (χ2v) is 5.88. The molecule has 0 saturated heterocycles. The van der Waals surface area contributed by atoms with Crippen molar-refractivity contribution in [2.45, 2.75) is 38.2 Å². The molecule has 0 radical (unpaired) electrons. The highest BCUT2D eigenvalue weighted by Gasteiger charge is 2.40. The Hall–Kier alpha value is -1.20. The smallest absolute Gasteiger partial charge is 0.308 e. The van der Waals surface area contributed by atoms with Crippen molar-refractivity contribution in [3.8, 4) is 0 Å². The number of carbonyl (C=O) groups excluding carboxylic acids is 1. The number of carbonyl (C=O) groups is 1. The highest BCUT2D eigenvalue weighted by molar-refractivity contribution is 6.30. The number of halogens is 1. The molecule has 0 aliphatic heterocycles. The van der Waals surface area contributed by atoms with Gasteiger partial charge in [-0.15, -0.1) is 0 Å². The zero-order chi connectivity index (χ0) is 14.8. The summed E-state index contributed by atoms with van der Waals surface area (Å²) in [7, 11) is 1.41. The Morgan fingerprint density at radius 2 is 1.90 bits per heavy atom. The minimum atomic E-state index is -1.11. The Balaban J connectivity index is 2.05. The van der Waals surface area contributed by atoms with Gasteiger partial charge >= 0.3 is 5.97 Å². The van der Waals surface area contributed by atoms with Crippen LogP contribution in [-0.4, -0.2) is 28.2 Å². The van der Waals surface area contributed by atoms with Crippen LogP contribution in [0.15, 0.2) is 12.4 Å². The molecule has 20 heavy (non-hydrogen) atoms. The average Bonchev–Trinajstić information content (AvgIpc) is 2.47. The summed E-state index contributed by atoms with van der Waals surface area (Å²) in [6.45, 7) is 1.72. The molecule has 0 spiro atoms. The maximum Gasteiger partial charge on any atom is 0.308 e. The Morgan fingerprint density at radius 3 is 2.40 bits per heavy atom. The van der Waals surface area contributed by atoms with E-state index >= 15 is 0 Å². The SMILES string of the molecule is COC(=O)[C@H]1CC[C@H]([C@](C)(O)c2ncc(Cl)cn2)CC1. The normalized spacial score (nSPS) is 25.8. The van der Waals surface area contributed by atoms with Gasteiger partial charge in [0.2, 0.25) is 0 Å². The Labute approximate surface area is 123 Å². The predicted octanol–water partition coefficient (Wildman–Crippen LogP) is 2.32. The number of ether oxygens (including phenoxy) is 1. The number of rotatable bonds is 3. The summed E-state index contributed by atoms with van der Waals surface area (Å²) in [6.07, 6.45) is 5.91. The molecule has 0 bridgehead atoms. The molecule has 6 heteroatoms. The standard InChI is InChI=1S/C14H19ClN2O3/c1-14(19,13-16-7-11(15)8-17-13)10-5-3-9(4-6-10)12(18)20-2/h7-10,19H,3-6H2,1-2H3/t9-,10-,14-/m0/s1. The highest BCUT2D eigenvalue weighted by Crippen LogP contribution is 2.39. The van der Waals surface area contributed by atoms with Crippen molar-refractivity contribution in [1.29, 1.82) is 0 Å². The summed E-state index contributed by atoms with van der Waals surface area (Å²) >= 11 is 5.76. The van der Waals surface area contributed by atoms with Gasteiger partial charge in [0, 0.05) is 12.4 Å². The maximum atomic E-state index is 11.5. The third kappa shape index (κ3) is 3.10. The van der Waals surface area contributed by atoms with Crippen LogP contribution in [0.5, 0.6) is 0 Å². The molecule has 1 aromatic heterocycles. The molecule has 1 aliphatic carbocycles. The molecular formula is C14H19ClN2O3. The molecule has 5 nitrogen and oxygen atoms in total. The van der Waals surface area contributed by atoms with Gasteiger partial charge in [-0.1, -0.05) is 11.6 Å². The number of aliphatic hydroxyl groups is 1. The fourth-order valence-corrected chi connectivity index (χ4v) is 2.91. The minimum Gasteiger partial charge on any atom is -0.469 e. The van der Waals surface area contributed by atoms with Crippen LogP contribution < -0.4 is 0 Å². The van der Waals surface area contributed by atoms with E-state index in [1.165, 1.54) is 19.5 Å². The lowest BCUT2D eigenvalue weighted by Crippen LogP contribution is -2.37. The van der Waals surface area contributed by atoms with Crippen LogP contribution >= 0.6 is 11.6 Å². The van der Waals surface area contributed by atoms with Crippen LogP contribution in [0, 0.1) is 11.8 Å². The van der Waals surface area contributed by atoms with Crippen molar-refractivity contribution in [2.24, 2.45) is 11.8 Å². The van der Waals surface area contributed by atoms with E-state index in [4.69, 9.17) is 16.3 Å². The summed E-state index contributed by atoms with van der Waals surface area (Å²) in [5.41, 5.74) is -1.11. The molecule has 0 aromatic carbocycles. The molecule has 0 amide bonds. The monoisotopic (exact) mass is 298 g/mol. The van der Waals surface area contributed by atoms with E-state index in [0.717, 1.165) is 25.7 Å². The van der Waals surface area contributed by atoms with E-state index in [-0.39, 0.29) is 17.8 Å². The number of nitrogens with zero attached hydrogens (tertiary/aromatic N) is 2. The summed E-state index contributed by atoms with van der Waals surface area (Å²) in [4.78, 5) is 19.7. The second kappa shape index (κ2) is 6.06. The van der Waals surface area contributed by atoms with E-state index in [1.54, 1.807) is 6.92 Å². The van der Waals surface area contributed by atoms with Crippen LogP contribution in [0.3, 0.4) is 0 Å². The molecule has 0 unspecified atom stereocenters. The predicted molar refractivity (Wildman–Crippen MR) is 74.1 cm³/mol. The largest absolute Gasteiger partial charge is 0.469 e. The summed E-state index contributed by atoms with van der Waals surface area (Å²) in [6, 6.07) is 0. The van der Waals surface area contributed by atoms with Gasteiger partial charge in [0.1, 0.15) is 5.60 Å². The maximum absolute atomic E-state index is 11.5. The third-order valence-electron chi connectivity index (χ3n) is 4.13. The Morgan fingerprint density at radius 1 is 1.35 bits per heavy atom. The number of hydrogen-bond acceptors (Lipinski definition) is 5. The summed E-state index contributed by atoms with van der Waals surface area (Å²) < 4.78 is 4.77. The van der Waals surface area contributed by atoms with Gasteiger partial charge in [-0.3, -0.25) is 4.79 Å². The quantitative estimate of drug-likeness (QED) is 0.867. The second-order valence-electron chi connectivity index (χ2n) is 5.44. The van der Waals surface area contributed by atoms with Gasteiger partial charge in [0.05, 0.1) is 18.1 Å². The van der Waals surface area contributed by atoms with Crippen molar-refractivity contribution in [2.75, 3.05) is 7.11 Å². The molecule has 1 atom stereocenters. The van der Waals surface area contributed by atoms with Gasteiger partial charge in [0.15, 0.2) is 5.82 Å². The summed E-state index contributed by atoms with van der Waals surface area (Å²) in [5.74, 6) is 0.192.